The Morgan fingerprint density at radius 3 is 2.54 bits per heavy atom. The number of carbonyl (C=O) groups excluding carboxylic acids is 2. The lowest BCUT2D eigenvalue weighted by Crippen LogP contribution is -2.29. The van der Waals surface area contributed by atoms with Gasteiger partial charge in [-0.15, -0.1) is 0 Å². The second kappa shape index (κ2) is 9.14. The van der Waals surface area contributed by atoms with Crippen molar-refractivity contribution in [2.75, 3.05) is 13.6 Å². The predicted molar refractivity (Wildman–Crippen MR) is 104 cm³/mol. The van der Waals surface area contributed by atoms with Crippen molar-refractivity contribution >= 4 is 23.4 Å². The van der Waals surface area contributed by atoms with Crippen LogP contribution in [0, 0.1) is 0 Å². The fourth-order valence-corrected chi connectivity index (χ4v) is 2.61. The summed E-state index contributed by atoms with van der Waals surface area (Å²) in [4.78, 5) is 30.1. The maximum Gasteiger partial charge on any atom is 0.315 e. The summed E-state index contributed by atoms with van der Waals surface area (Å²) in [7, 11) is 1.69. The van der Waals surface area contributed by atoms with Gasteiger partial charge >= 0.3 is 11.8 Å². The summed E-state index contributed by atoms with van der Waals surface area (Å²) < 4.78 is 5.01. The number of benzene rings is 2. The van der Waals surface area contributed by atoms with Gasteiger partial charge in [-0.3, -0.25) is 9.59 Å². The number of halogens is 1. The minimum atomic E-state index is -0.437. The maximum absolute atomic E-state index is 12.4. The smallest absolute Gasteiger partial charge is 0.315 e. The molecule has 3 rings (SSSR count). The van der Waals surface area contributed by atoms with Crippen LogP contribution in [0.5, 0.6) is 0 Å². The Morgan fingerprint density at radius 2 is 1.82 bits per heavy atom. The van der Waals surface area contributed by atoms with Gasteiger partial charge in [0, 0.05) is 37.1 Å². The normalized spacial score (nSPS) is 10.5. The van der Waals surface area contributed by atoms with E-state index < -0.39 is 5.91 Å². The van der Waals surface area contributed by atoms with E-state index in [0.29, 0.717) is 35.9 Å². The Labute approximate surface area is 167 Å². The number of likely N-dealkylation sites (N-methyl/N-ethyl adjacent to an activating group) is 1. The SMILES string of the molecule is CN(CCc1noc(C(=O)NCc2ccccc2)n1)C(=O)c1ccc(Cl)cc1. The van der Waals surface area contributed by atoms with E-state index in [-0.39, 0.29) is 11.8 Å². The summed E-state index contributed by atoms with van der Waals surface area (Å²) >= 11 is 5.84. The molecule has 0 aliphatic heterocycles. The summed E-state index contributed by atoms with van der Waals surface area (Å²) in [6, 6.07) is 16.2. The quantitative estimate of drug-likeness (QED) is 0.661. The Morgan fingerprint density at radius 1 is 1.11 bits per heavy atom. The Bertz CT molecular complexity index is 942. The molecule has 0 aliphatic rings. The van der Waals surface area contributed by atoms with Gasteiger partial charge in [-0.25, -0.2) is 0 Å². The van der Waals surface area contributed by atoms with Crippen molar-refractivity contribution in [2.24, 2.45) is 0 Å². The highest BCUT2D eigenvalue weighted by Crippen LogP contribution is 2.11. The van der Waals surface area contributed by atoms with Gasteiger partial charge in [-0.2, -0.15) is 4.98 Å². The van der Waals surface area contributed by atoms with Crippen molar-refractivity contribution < 1.29 is 14.1 Å². The molecule has 144 valence electrons. The van der Waals surface area contributed by atoms with E-state index in [4.69, 9.17) is 16.1 Å². The van der Waals surface area contributed by atoms with Gasteiger partial charge in [-0.1, -0.05) is 47.1 Å². The molecular formula is C20H19ClN4O3. The Balaban J connectivity index is 1.50. The summed E-state index contributed by atoms with van der Waals surface area (Å²) in [5, 5.41) is 7.11. The monoisotopic (exact) mass is 398 g/mol. The molecule has 1 N–H and O–H groups in total. The molecule has 3 aromatic rings. The number of hydrogen-bond donors (Lipinski definition) is 1. The van der Waals surface area contributed by atoms with Crippen molar-refractivity contribution in [2.45, 2.75) is 13.0 Å². The molecule has 28 heavy (non-hydrogen) atoms. The highest BCUT2D eigenvalue weighted by Gasteiger charge is 2.17. The first kappa shape index (κ1) is 19.6. The van der Waals surface area contributed by atoms with Crippen molar-refractivity contribution in [3.63, 3.8) is 0 Å². The maximum atomic E-state index is 12.4. The molecule has 0 atom stereocenters. The third kappa shape index (κ3) is 5.17. The van der Waals surface area contributed by atoms with E-state index in [2.05, 4.69) is 15.5 Å². The summed E-state index contributed by atoms with van der Waals surface area (Å²) in [6.07, 6.45) is 0.366. The van der Waals surface area contributed by atoms with Crippen LogP contribution < -0.4 is 5.32 Å². The van der Waals surface area contributed by atoms with Gasteiger partial charge in [-0.05, 0) is 29.8 Å². The van der Waals surface area contributed by atoms with Crippen LogP contribution in [-0.2, 0) is 13.0 Å². The zero-order chi connectivity index (χ0) is 19.9. The van der Waals surface area contributed by atoms with E-state index in [0.717, 1.165) is 5.56 Å². The first-order valence-electron chi connectivity index (χ1n) is 8.68. The fourth-order valence-electron chi connectivity index (χ4n) is 2.48. The molecule has 2 amide bonds. The van der Waals surface area contributed by atoms with E-state index in [9.17, 15) is 9.59 Å². The van der Waals surface area contributed by atoms with Crippen LogP contribution in [-0.4, -0.2) is 40.4 Å². The van der Waals surface area contributed by atoms with Crippen molar-refractivity contribution in [1.82, 2.24) is 20.4 Å². The third-order valence-corrected chi connectivity index (χ3v) is 4.32. The van der Waals surface area contributed by atoms with Crippen molar-refractivity contribution in [1.29, 1.82) is 0 Å². The molecule has 0 spiro atoms. The molecular weight excluding hydrogens is 380 g/mol. The van der Waals surface area contributed by atoms with Crippen LogP contribution in [0.2, 0.25) is 5.02 Å². The number of rotatable bonds is 7. The Kier molecular flexibility index (Phi) is 6.39. The minimum absolute atomic E-state index is 0.0994. The lowest BCUT2D eigenvalue weighted by molar-refractivity contribution is 0.0795. The van der Waals surface area contributed by atoms with Crippen molar-refractivity contribution in [3.8, 4) is 0 Å². The van der Waals surface area contributed by atoms with Crippen LogP contribution in [0.15, 0.2) is 59.1 Å². The van der Waals surface area contributed by atoms with E-state index >= 15 is 0 Å². The number of amides is 2. The largest absolute Gasteiger partial charge is 0.344 e. The van der Waals surface area contributed by atoms with Crippen LogP contribution in [0.3, 0.4) is 0 Å². The van der Waals surface area contributed by atoms with Crippen LogP contribution in [0.4, 0.5) is 0 Å². The molecule has 0 bridgehead atoms. The van der Waals surface area contributed by atoms with E-state index in [1.807, 2.05) is 30.3 Å². The van der Waals surface area contributed by atoms with Gasteiger partial charge in [0.25, 0.3) is 5.91 Å². The average molecular weight is 399 g/mol. The summed E-state index contributed by atoms with van der Waals surface area (Å²) in [6.45, 7) is 0.752. The number of nitrogens with zero attached hydrogens (tertiary/aromatic N) is 3. The second-order valence-electron chi connectivity index (χ2n) is 6.17. The van der Waals surface area contributed by atoms with E-state index in [1.54, 1.807) is 36.2 Å². The minimum Gasteiger partial charge on any atom is -0.344 e. The topological polar surface area (TPSA) is 88.3 Å². The number of hydrogen-bond acceptors (Lipinski definition) is 5. The lowest BCUT2D eigenvalue weighted by Gasteiger charge is -2.16. The highest BCUT2D eigenvalue weighted by atomic mass is 35.5. The Hall–Kier alpha value is -3.19. The highest BCUT2D eigenvalue weighted by molar-refractivity contribution is 6.30. The van der Waals surface area contributed by atoms with Crippen LogP contribution >= 0.6 is 11.6 Å². The second-order valence-corrected chi connectivity index (χ2v) is 6.60. The zero-order valence-electron chi connectivity index (χ0n) is 15.3. The molecule has 0 fully saturated rings. The molecule has 0 saturated carbocycles. The third-order valence-electron chi connectivity index (χ3n) is 4.07. The van der Waals surface area contributed by atoms with Gasteiger partial charge in [0.2, 0.25) is 0 Å². The predicted octanol–water partition coefficient (Wildman–Crippen LogP) is 2.97. The molecule has 0 aliphatic carbocycles. The molecule has 0 radical (unpaired) electrons. The van der Waals surface area contributed by atoms with Gasteiger partial charge < -0.3 is 14.7 Å². The molecule has 2 aromatic carbocycles. The number of aromatic nitrogens is 2. The molecule has 8 heteroatoms. The molecule has 1 heterocycles. The summed E-state index contributed by atoms with van der Waals surface area (Å²) in [5.74, 6) is -0.313. The van der Waals surface area contributed by atoms with Crippen molar-refractivity contribution in [3.05, 3.63) is 82.5 Å². The van der Waals surface area contributed by atoms with Gasteiger partial charge in [0.1, 0.15) is 0 Å². The fraction of sp³-hybridized carbons (Fsp3) is 0.200. The average Bonchev–Trinajstić information content (AvgIpc) is 3.20. The summed E-state index contributed by atoms with van der Waals surface area (Å²) in [5.41, 5.74) is 1.51. The zero-order valence-corrected chi connectivity index (χ0v) is 16.0. The molecule has 7 nitrogen and oxygen atoms in total. The first-order valence-corrected chi connectivity index (χ1v) is 9.06. The number of nitrogens with one attached hydrogen (secondary N) is 1. The standard InChI is InChI=1S/C20H19ClN4O3/c1-25(20(27)15-7-9-16(21)10-8-15)12-11-17-23-19(28-24-17)18(26)22-13-14-5-3-2-4-6-14/h2-10H,11-13H2,1H3,(H,22,26). The molecule has 0 saturated heterocycles. The van der Waals surface area contributed by atoms with Gasteiger partial charge in [0.05, 0.1) is 0 Å². The molecule has 1 aromatic heterocycles. The first-order chi connectivity index (χ1) is 13.5. The van der Waals surface area contributed by atoms with E-state index in [1.165, 1.54) is 0 Å². The molecule has 0 unspecified atom stereocenters. The lowest BCUT2D eigenvalue weighted by atomic mass is 10.2. The van der Waals surface area contributed by atoms with Gasteiger partial charge in [0.15, 0.2) is 5.82 Å². The van der Waals surface area contributed by atoms with Crippen LogP contribution in [0.1, 0.15) is 32.4 Å². The van der Waals surface area contributed by atoms with Crippen LogP contribution in [0.25, 0.3) is 0 Å². The number of carbonyl (C=O) groups is 2.